The molecule has 3 rings (SSSR count). The molecule has 8 nitrogen and oxygen atoms in total. The number of nitrogens with one attached hydrogen (secondary N) is 2. The second kappa shape index (κ2) is 9.05. The summed E-state index contributed by atoms with van der Waals surface area (Å²) >= 11 is 0. The first-order valence-electron chi connectivity index (χ1n) is 9.32. The smallest absolute Gasteiger partial charge is 0.262 e. The number of hydrogen-bond acceptors (Lipinski definition) is 6. The first kappa shape index (κ1) is 22.1. The van der Waals surface area contributed by atoms with E-state index in [1.54, 1.807) is 43.3 Å². The molecule has 1 heterocycles. The van der Waals surface area contributed by atoms with Crippen molar-refractivity contribution < 1.29 is 22.7 Å². The fourth-order valence-corrected chi connectivity index (χ4v) is 4.31. The number of carbonyl (C=O) groups is 1. The summed E-state index contributed by atoms with van der Waals surface area (Å²) in [7, 11) is -0.812. The van der Waals surface area contributed by atoms with Gasteiger partial charge in [-0.05, 0) is 43.7 Å². The molecule has 0 unspecified atom stereocenters. The number of ether oxygens (including phenoxy) is 2. The number of methoxy groups -OCH3 is 2. The van der Waals surface area contributed by atoms with Crippen molar-refractivity contribution in [3.05, 3.63) is 71.5 Å². The summed E-state index contributed by atoms with van der Waals surface area (Å²) in [5.74, 6) is 0.547. The number of aryl methyl sites for hydroxylation is 2. The van der Waals surface area contributed by atoms with Crippen LogP contribution in [-0.4, -0.2) is 33.5 Å². The van der Waals surface area contributed by atoms with Crippen molar-refractivity contribution in [2.45, 2.75) is 18.7 Å². The fourth-order valence-electron chi connectivity index (χ4n) is 3.05. The molecule has 0 saturated heterocycles. The Morgan fingerprint density at radius 3 is 2.32 bits per heavy atom. The minimum absolute atomic E-state index is 0.165. The molecule has 0 aliphatic carbocycles. The number of amides is 1. The first-order chi connectivity index (χ1) is 14.7. The van der Waals surface area contributed by atoms with Crippen molar-refractivity contribution in [1.29, 1.82) is 0 Å². The van der Waals surface area contributed by atoms with Gasteiger partial charge in [0, 0.05) is 18.0 Å². The van der Waals surface area contributed by atoms with E-state index in [9.17, 15) is 13.2 Å². The average Bonchev–Trinajstić information content (AvgIpc) is 2.73. The van der Waals surface area contributed by atoms with Gasteiger partial charge in [-0.15, -0.1) is 0 Å². The molecule has 3 aromatic rings. The summed E-state index contributed by atoms with van der Waals surface area (Å²) in [4.78, 5) is 16.8. The van der Waals surface area contributed by atoms with Crippen LogP contribution in [0.1, 0.15) is 21.5 Å². The monoisotopic (exact) mass is 441 g/mol. The first-order valence-corrected chi connectivity index (χ1v) is 10.8. The van der Waals surface area contributed by atoms with E-state index in [2.05, 4.69) is 15.0 Å². The fraction of sp³-hybridized carbons (Fsp3) is 0.182. The largest absolute Gasteiger partial charge is 0.493 e. The summed E-state index contributed by atoms with van der Waals surface area (Å²) in [6.07, 6.45) is 2.69. The minimum atomic E-state index is -3.83. The molecule has 0 spiro atoms. The molecule has 0 saturated carbocycles. The van der Waals surface area contributed by atoms with Crippen molar-refractivity contribution in [3.63, 3.8) is 0 Å². The summed E-state index contributed by atoms with van der Waals surface area (Å²) in [5, 5.41) is 2.73. The van der Waals surface area contributed by atoms with Crippen LogP contribution in [0.4, 0.5) is 11.4 Å². The van der Waals surface area contributed by atoms with Crippen molar-refractivity contribution >= 4 is 27.3 Å². The number of benzene rings is 2. The number of aromatic nitrogens is 1. The molecule has 162 valence electrons. The topological polar surface area (TPSA) is 107 Å². The summed E-state index contributed by atoms with van der Waals surface area (Å²) in [6.45, 7) is 3.62. The Morgan fingerprint density at radius 2 is 1.65 bits per heavy atom. The molecule has 9 heteroatoms. The Bertz CT molecular complexity index is 1230. The number of hydrogen-bond donors (Lipinski definition) is 2. The number of sulfonamides is 1. The van der Waals surface area contributed by atoms with Gasteiger partial charge >= 0.3 is 0 Å². The molecule has 1 aromatic heterocycles. The molecule has 31 heavy (non-hydrogen) atoms. The summed E-state index contributed by atoms with van der Waals surface area (Å²) < 4.78 is 38.4. The molecular formula is C22H23N3O5S. The van der Waals surface area contributed by atoms with Gasteiger partial charge in [0.05, 0.1) is 36.6 Å². The Morgan fingerprint density at radius 1 is 0.903 bits per heavy atom. The highest BCUT2D eigenvalue weighted by molar-refractivity contribution is 7.92. The standard InChI is InChI=1S/C22H23N3O5S/c1-14-5-8-21(15(2)9-14)31(27,28)25-18-10-16(12-23-13-18)22(26)24-17-6-7-19(29-3)20(11-17)30-4/h5-13,25H,1-4H3,(H,24,26). The molecule has 0 radical (unpaired) electrons. The second-order valence-electron chi connectivity index (χ2n) is 6.86. The third-order valence-electron chi connectivity index (χ3n) is 4.51. The molecule has 2 aromatic carbocycles. The van der Waals surface area contributed by atoms with E-state index in [1.165, 1.54) is 32.7 Å². The lowest BCUT2D eigenvalue weighted by Crippen LogP contribution is -2.16. The Balaban J connectivity index is 1.80. The molecule has 0 fully saturated rings. The van der Waals surface area contributed by atoms with Crippen LogP contribution < -0.4 is 19.5 Å². The highest BCUT2D eigenvalue weighted by atomic mass is 32.2. The molecule has 2 N–H and O–H groups in total. The van der Waals surface area contributed by atoms with Gasteiger partial charge in [-0.25, -0.2) is 8.42 Å². The van der Waals surface area contributed by atoms with Crippen LogP contribution in [0, 0.1) is 13.8 Å². The van der Waals surface area contributed by atoms with E-state index in [1.807, 2.05) is 6.92 Å². The van der Waals surface area contributed by atoms with Crippen LogP contribution in [0.25, 0.3) is 0 Å². The molecular weight excluding hydrogens is 418 g/mol. The van der Waals surface area contributed by atoms with E-state index in [-0.39, 0.29) is 16.1 Å². The molecule has 0 aliphatic rings. The van der Waals surface area contributed by atoms with Gasteiger partial charge in [0.2, 0.25) is 0 Å². The lowest BCUT2D eigenvalue weighted by Gasteiger charge is -2.12. The van der Waals surface area contributed by atoms with Gasteiger partial charge in [0.1, 0.15) is 0 Å². The Hall–Kier alpha value is -3.59. The van der Waals surface area contributed by atoms with Gasteiger partial charge in [-0.3, -0.25) is 14.5 Å². The van der Waals surface area contributed by atoms with Gasteiger partial charge in [0.25, 0.3) is 15.9 Å². The second-order valence-corrected chi connectivity index (χ2v) is 8.51. The minimum Gasteiger partial charge on any atom is -0.493 e. The van der Waals surface area contributed by atoms with Crippen LogP contribution in [-0.2, 0) is 10.0 Å². The molecule has 0 aliphatic heterocycles. The van der Waals surface area contributed by atoms with Crippen molar-refractivity contribution in [2.75, 3.05) is 24.3 Å². The Kier molecular flexibility index (Phi) is 6.45. The third-order valence-corrected chi connectivity index (χ3v) is 6.06. The third kappa shape index (κ3) is 5.13. The van der Waals surface area contributed by atoms with E-state index in [0.29, 0.717) is 22.7 Å². The van der Waals surface area contributed by atoms with Crippen LogP contribution in [0.15, 0.2) is 59.8 Å². The maximum atomic E-state index is 12.8. The highest BCUT2D eigenvalue weighted by Gasteiger charge is 2.18. The zero-order valence-electron chi connectivity index (χ0n) is 17.6. The SMILES string of the molecule is COc1ccc(NC(=O)c2cncc(NS(=O)(=O)c3ccc(C)cc3C)c2)cc1OC. The van der Waals surface area contributed by atoms with E-state index < -0.39 is 15.9 Å². The maximum absolute atomic E-state index is 12.8. The lowest BCUT2D eigenvalue weighted by molar-refractivity contribution is 0.102. The van der Waals surface area contributed by atoms with Gasteiger partial charge in [-0.1, -0.05) is 17.7 Å². The number of nitrogens with zero attached hydrogens (tertiary/aromatic N) is 1. The number of anilines is 2. The van der Waals surface area contributed by atoms with Crippen molar-refractivity contribution in [2.24, 2.45) is 0 Å². The van der Waals surface area contributed by atoms with Crippen molar-refractivity contribution in [3.8, 4) is 11.5 Å². The van der Waals surface area contributed by atoms with E-state index in [0.717, 1.165) is 5.56 Å². The van der Waals surface area contributed by atoms with Crippen LogP contribution in [0.3, 0.4) is 0 Å². The molecule has 0 bridgehead atoms. The van der Waals surface area contributed by atoms with Crippen LogP contribution >= 0.6 is 0 Å². The predicted octanol–water partition coefficient (Wildman–Crippen LogP) is 3.77. The van der Waals surface area contributed by atoms with Crippen LogP contribution in [0.2, 0.25) is 0 Å². The number of pyridine rings is 1. The summed E-state index contributed by atoms with van der Waals surface area (Å²) in [5.41, 5.74) is 2.45. The van der Waals surface area contributed by atoms with Gasteiger partial charge in [0.15, 0.2) is 11.5 Å². The summed E-state index contributed by atoms with van der Waals surface area (Å²) in [6, 6.07) is 11.4. The van der Waals surface area contributed by atoms with Gasteiger partial charge < -0.3 is 14.8 Å². The van der Waals surface area contributed by atoms with Gasteiger partial charge in [-0.2, -0.15) is 0 Å². The average molecular weight is 442 g/mol. The normalized spacial score (nSPS) is 11.0. The zero-order chi connectivity index (χ0) is 22.6. The quantitative estimate of drug-likeness (QED) is 0.578. The van der Waals surface area contributed by atoms with Crippen molar-refractivity contribution in [1.82, 2.24) is 4.98 Å². The number of carbonyl (C=O) groups excluding carboxylic acids is 1. The predicted molar refractivity (Wildman–Crippen MR) is 118 cm³/mol. The molecule has 1 amide bonds. The van der Waals surface area contributed by atoms with E-state index >= 15 is 0 Å². The zero-order valence-corrected chi connectivity index (χ0v) is 18.4. The number of rotatable bonds is 7. The Labute approximate surface area is 181 Å². The lowest BCUT2D eigenvalue weighted by atomic mass is 10.2. The highest BCUT2D eigenvalue weighted by Crippen LogP contribution is 2.30. The van der Waals surface area contributed by atoms with E-state index in [4.69, 9.17) is 9.47 Å². The van der Waals surface area contributed by atoms with Crippen LogP contribution in [0.5, 0.6) is 11.5 Å². The maximum Gasteiger partial charge on any atom is 0.262 e. The molecule has 0 atom stereocenters.